The molecule has 0 aliphatic heterocycles. The van der Waals surface area contributed by atoms with Crippen molar-refractivity contribution in [2.24, 2.45) is 5.92 Å². The number of hydrogen-bond donors (Lipinski definition) is 0. The van der Waals surface area contributed by atoms with Gasteiger partial charge in [0.05, 0.1) is 0 Å². The van der Waals surface area contributed by atoms with Crippen LogP contribution in [0.25, 0.3) is 11.1 Å². The van der Waals surface area contributed by atoms with Crippen LogP contribution in [0.2, 0.25) is 0 Å². The highest BCUT2D eigenvalue weighted by Gasteiger charge is 2.17. The van der Waals surface area contributed by atoms with Crippen molar-refractivity contribution < 1.29 is 0 Å². The Hall–Kier alpha value is -2.08. The van der Waals surface area contributed by atoms with Crippen molar-refractivity contribution in [3.63, 3.8) is 0 Å². The molecule has 0 aromatic heterocycles. The van der Waals surface area contributed by atoms with Crippen LogP contribution < -0.4 is 0 Å². The van der Waals surface area contributed by atoms with Gasteiger partial charge in [-0.1, -0.05) is 67.1 Å². The summed E-state index contributed by atoms with van der Waals surface area (Å²) in [6.45, 7) is 8.84. The second kappa shape index (κ2) is 5.96. The molecule has 0 saturated heterocycles. The Bertz CT molecular complexity index is 742. The minimum Gasteiger partial charge on any atom is -0.0587 e. The van der Waals surface area contributed by atoms with Crippen LogP contribution in [0.3, 0.4) is 0 Å². The lowest BCUT2D eigenvalue weighted by Gasteiger charge is -2.23. The van der Waals surface area contributed by atoms with Gasteiger partial charge in [0.15, 0.2) is 0 Å². The quantitative estimate of drug-likeness (QED) is 0.624. The Balaban J connectivity index is 1.94. The maximum atomic E-state index is 2.33. The maximum absolute atomic E-state index is 2.33. The molecule has 0 N–H and O–H groups in total. The first-order chi connectivity index (χ1) is 10.5. The van der Waals surface area contributed by atoms with Crippen molar-refractivity contribution in [2.45, 2.75) is 34.1 Å². The van der Waals surface area contributed by atoms with Crippen LogP contribution >= 0.6 is 0 Å². The molecular weight excluding hydrogens is 264 g/mol. The number of hydrogen-bond acceptors (Lipinski definition) is 0. The van der Waals surface area contributed by atoms with Gasteiger partial charge in [0.2, 0.25) is 0 Å². The summed E-state index contributed by atoms with van der Waals surface area (Å²) in [5, 5.41) is 0. The van der Waals surface area contributed by atoms with Crippen molar-refractivity contribution >= 4 is 11.1 Å². The van der Waals surface area contributed by atoms with E-state index in [1.807, 2.05) is 0 Å². The van der Waals surface area contributed by atoms with E-state index < -0.39 is 0 Å². The summed E-state index contributed by atoms with van der Waals surface area (Å²) in [6, 6.07) is 15.7. The molecule has 0 saturated carbocycles. The molecule has 0 bridgehead atoms. The zero-order valence-corrected chi connectivity index (χ0v) is 14.0. The van der Waals surface area contributed by atoms with Crippen LogP contribution in [0.5, 0.6) is 0 Å². The lowest BCUT2D eigenvalue weighted by molar-refractivity contribution is 0.770. The number of allylic oxidation sites excluding steroid dienone is 4. The van der Waals surface area contributed by atoms with Crippen LogP contribution in [-0.2, 0) is 0 Å². The van der Waals surface area contributed by atoms with Crippen molar-refractivity contribution in [2.75, 3.05) is 0 Å². The van der Waals surface area contributed by atoms with Crippen LogP contribution in [0.15, 0.2) is 54.6 Å². The first-order valence-corrected chi connectivity index (χ1v) is 8.10. The van der Waals surface area contributed by atoms with Gasteiger partial charge in [-0.05, 0) is 66.5 Å². The summed E-state index contributed by atoms with van der Waals surface area (Å²) in [5.41, 5.74) is 9.68. The van der Waals surface area contributed by atoms with Gasteiger partial charge >= 0.3 is 0 Å². The van der Waals surface area contributed by atoms with Gasteiger partial charge in [-0.15, -0.1) is 0 Å². The van der Waals surface area contributed by atoms with Gasteiger partial charge < -0.3 is 0 Å². The smallest absolute Gasteiger partial charge is 0.0144 e. The number of benzene rings is 2. The van der Waals surface area contributed by atoms with Crippen molar-refractivity contribution in [3.8, 4) is 0 Å². The first kappa shape index (κ1) is 14.8. The average Bonchev–Trinajstić information content (AvgIpc) is 2.51. The molecule has 1 atom stereocenters. The Labute approximate surface area is 134 Å². The second-order valence-electron chi connectivity index (χ2n) is 6.58. The molecule has 0 amide bonds. The van der Waals surface area contributed by atoms with Crippen LogP contribution in [0.1, 0.15) is 41.2 Å². The maximum Gasteiger partial charge on any atom is -0.0144 e. The van der Waals surface area contributed by atoms with Gasteiger partial charge in [-0.25, -0.2) is 0 Å². The lowest BCUT2D eigenvalue weighted by atomic mass is 9.82. The van der Waals surface area contributed by atoms with Crippen LogP contribution in [0.4, 0.5) is 0 Å². The van der Waals surface area contributed by atoms with E-state index in [1.54, 1.807) is 0 Å². The lowest BCUT2D eigenvalue weighted by Crippen LogP contribution is -2.05. The molecule has 0 heteroatoms. The minimum absolute atomic E-state index is 0.560. The number of aryl methyl sites for hydroxylation is 3. The molecule has 0 spiro atoms. The highest BCUT2D eigenvalue weighted by atomic mass is 14.2. The van der Waals surface area contributed by atoms with Gasteiger partial charge in [0, 0.05) is 0 Å². The Morgan fingerprint density at radius 3 is 2.09 bits per heavy atom. The van der Waals surface area contributed by atoms with E-state index in [2.05, 4.69) is 82.3 Å². The molecule has 2 aromatic carbocycles. The summed E-state index contributed by atoms with van der Waals surface area (Å²) in [4.78, 5) is 0. The van der Waals surface area contributed by atoms with E-state index in [9.17, 15) is 0 Å². The monoisotopic (exact) mass is 288 g/mol. The molecule has 0 nitrogen and oxygen atoms in total. The Morgan fingerprint density at radius 1 is 0.773 bits per heavy atom. The summed E-state index contributed by atoms with van der Waals surface area (Å²) < 4.78 is 0. The molecule has 2 aromatic rings. The SMILES string of the molecule is Cc1ccc(C2=CC=C(c3ccc(C)c(C)c3)CC2C)cc1. The molecular formula is C22H24. The van der Waals surface area contributed by atoms with E-state index in [4.69, 9.17) is 0 Å². The fourth-order valence-corrected chi connectivity index (χ4v) is 3.14. The van der Waals surface area contributed by atoms with E-state index in [-0.39, 0.29) is 0 Å². The third-order valence-corrected chi connectivity index (χ3v) is 4.78. The Kier molecular flexibility index (Phi) is 4.02. The minimum atomic E-state index is 0.560. The summed E-state index contributed by atoms with van der Waals surface area (Å²) in [7, 11) is 0. The molecule has 112 valence electrons. The first-order valence-electron chi connectivity index (χ1n) is 8.10. The topological polar surface area (TPSA) is 0 Å². The highest BCUT2D eigenvalue weighted by Crippen LogP contribution is 2.36. The van der Waals surface area contributed by atoms with Crippen molar-refractivity contribution in [1.29, 1.82) is 0 Å². The molecule has 1 aliphatic carbocycles. The molecule has 3 rings (SSSR count). The standard InChI is InChI=1S/C22H24/c1-15-5-8-19(9-6-15)22-12-11-21(14-18(22)4)20-10-7-16(2)17(3)13-20/h5-13,18H,14H2,1-4H3. The fourth-order valence-electron chi connectivity index (χ4n) is 3.14. The summed E-state index contributed by atoms with van der Waals surface area (Å²) >= 11 is 0. The third-order valence-electron chi connectivity index (χ3n) is 4.78. The third kappa shape index (κ3) is 2.92. The van der Waals surface area contributed by atoms with Crippen molar-refractivity contribution in [3.05, 3.63) is 82.4 Å². The average molecular weight is 288 g/mol. The van der Waals surface area contributed by atoms with Gasteiger partial charge in [-0.2, -0.15) is 0 Å². The number of rotatable bonds is 2. The molecule has 1 unspecified atom stereocenters. The fraction of sp³-hybridized carbons (Fsp3) is 0.273. The zero-order chi connectivity index (χ0) is 15.7. The predicted molar refractivity (Wildman–Crippen MR) is 96.8 cm³/mol. The van der Waals surface area contributed by atoms with E-state index in [1.165, 1.54) is 39.0 Å². The zero-order valence-electron chi connectivity index (χ0n) is 14.0. The summed E-state index contributed by atoms with van der Waals surface area (Å²) in [5.74, 6) is 0.560. The molecule has 1 aliphatic rings. The van der Waals surface area contributed by atoms with Gasteiger partial charge in [-0.3, -0.25) is 0 Å². The Morgan fingerprint density at radius 2 is 1.45 bits per heavy atom. The largest absolute Gasteiger partial charge is 0.0587 e. The predicted octanol–water partition coefficient (Wildman–Crippen LogP) is 6.12. The second-order valence-corrected chi connectivity index (χ2v) is 6.58. The molecule has 0 fully saturated rings. The van der Waals surface area contributed by atoms with Crippen LogP contribution in [-0.4, -0.2) is 0 Å². The molecule has 0 radical (unpaired) electrons. The van der Waals surface area contributed by atoms with E-state index >= 15 is 0 Å². The van der Waals surface area contributed by atoms with Gasteiger partial charge in [0.25, 0.3) is 0 Å². The summed E-state index contributed by atoms with van der Waals surface area (Å²) in [6.07, 6.45) is 5.73. The van der Waals surface area contributed by atoms with Crippen LogP contribution in [0, 0.1) is 26.7 Å². The van der Waals surface area contributed by atoms with E-state index in [0.29, 0.717) is 5.92 Å². The van der Waals surface area contributed by atoms with E-state index in [0.717, 1.165) is 6.42 Å². The van der Waals surface area contributed by atoms with Gasteiger partial charge in [0.1, 0.15) is 0 Å². The molecule has 0 heterocycles. The highest BCUT2D eigenvalue weighted by molar-refractivity contribution is 5.79. The molecule has 22 heavy (non-hydrogen) atoms. The van der Waals surface area contributed by atoms with Crippen molar-refractivity contribution in [1.82, 2.24) is 0 Å². The normalized spacial score (nSPS) is 17.9.